The van der Waals surface area contributed by atoms with Gasteiger partial charge in [-0.3, -0.25) is 9.59 Å². The standard InChI is InChI=1S/C34H47ClN3O11P/c1-8-17-38(21-33(4,5)19-25-9-13-26(35)14-10-25)30(40)29(23(2)3)37-31(41)36-20-34(6,7)46-32(42)45-22-44-28(39)18-24-11-15-27(16-12-24)47-50(43)48-49-50/h9-16,23,29H,8,17-22H2,1-7H3,(H2,36,37,41)/t29-/m1/s1. The number of nitrogens with one attached hydrogen (secondary N) is 2. The van der Waals surface area contributed by atoms with Crippen molar-refractivity contribution in [3.05, 3.63) is 64.7 Å². The number of phosphoric acid groups is 1. The maximum absolute atomic E-state index is 13.8. The number of hydrogen-bond donors (Lipinski definition) is 2. The normalized spacial score (nSPS) is 14.3. The van der Waals surface area contributed by atoms with Crippen LogP contribution in [0.25, 0.3) is 0 Å². The summed E-state index contributed by atoms with van der Waals surface area (Å²) in [6.45, 7) is 13.3. The van der Waals surface area contributed by atoms with Crippen molar-refractivity contribution in [2.24, 2.45) is 11.3 Å². The highest BCUT2D eigenvalue weighted by atomic mass is 35.5. The number of benzene rings is 2. The van der Waals surface area contributed by atoms with E-state index in [0.29, 0.717) is 23.7 Å². The molecule has 0 spiro atoms. The van der Waals surface area contributed by atoms with Crippen molar-refractivity contribution >= 4 is 43.5 Å². The van der Waals surface area contributed by atoms with Crippen molar-refractivity contribution in [3.8, 4) is 5.75 Å². The number of nitrogens with zero attached hydrogens (tertiary/aromatic N) is 1. The van der Waals surface area contributed by atoms with Crippen LogP contribution in [0.3, 0.4) is 0 Å². The quantitative estimate of drug-likeness (QED) is 0.0555. The third-order valence-corrected chi connectivity index (χ3v) is 8.43. The number of hydrogen-bond acceptors (Lipinski definition) is 11. The molecule has 14 nitrogen and oxygen atoms in total. The van der Waals surface area contributed by atoms with Crippen LogP contribution >= 0.6 is 19.4 Å². The zero-order chi connectivity index (χ0) is 37.1. The van der Waals surface area contributed by atoms with Crippen molar-refractivity contribution in [1.29, 1.82) is 0 Å². The van der Waals surface area contributed by atoms with Gasteiger partial charge in [-0.15, -0.1) is 9.35 Å². The lowest BCUT2D eigenvalue weighted by molar-refractivity contribution is -0.153. The first kappa shape index (κ1) is 40.6. The van der Waals surface area contributed by atoms with Gasteiger partial charge in [-0.25, -0.2) is 14.2 Å². The zero-order valence-electron chi connectivity index (χ0n) is 29.5. The van der Waals surface area contributed by atoms with Gasteiger partial charge in [-0.2, -0.15) is 0 Å². The molecule has 50 heavy (non-hydrogen) atoms. The number of carbonyl (C=O) groups is 4. The molecule has 3 amide bonds. The van der Waals surface area contributed by atoms with Gasteiger partial charge in [0.2, 0.25) is 12.7 Å². The molecule has 0 saturated carbocycles. The van der Waals surface area contributed by atoms with E-state index in [-0.39, 0.29) is 36.0 Å². The minimum atomic E-state index is -3.46. The Hall–Kier alpha value is -3.84. The van der Waals surface area contributed by atoms with Gasteiger partial charge in [-0.05, 0) is 73.4 Å². The number of halogens is 1. The molecule has 1 atom stereocenters. The van der Waals surface area contributed by atoms with E-state index in [1.165, 1.54) is 12.1 Å². The first-order valence-electron chi connectivity index (χ1n) is 16.2. The van der Waals surface area contributed by atoms with Gasteiger partial charge in [0.15, 0.2) is 0 Å². The summed E-state index contributed by atoms with van der Waals surface area (Å²) >= 11 is 6.04. The van der Waals surface area contributed by atoms with Crippen molar-refractivity contribution in [2.45, 2.75) is 79.4 Å². The van der Waals surface area contributed by atoms with E-state index in [1.54, 1.807) is 30.9 Å². The number of amides is 3. The van der Waals surface area contributed by atoms with Crippen molar-refractivity contribution in [3.63, 3.8) is 0 Å². The summed E-state index contributed by atoms with van der Waals surface area (Å²) in [4.78, 5) is 52.9. The molecular formula is C34H47ClN3O11P. The molecule has 0 aliphatic carbocycles. The molecule has 1 aliphatic rings. The molecule has 2 aromatic rings. The number of ether oxygens (including phenoxy) is 3. The van der Waals surface area contributed by atoms with Gasteiger partial charge in [0.05, 0.1) is 13.0 Å². The van der Waals surface area contributed by atoms with Gasteiger partial charge in [0.25, 0.3) is 0 Å². The molecule has 16 heteroatoms. The van der Waals surface area contributed by atoms with E-state index in [0.717, 1.165) is 18.4 Å². The minimum absolute atomic E-state index is 0.104. The molecule has 1 fully saturated rings. The average Bonchev–Trinajstić information content (AvgIpc) is 3.76. The molecule has 276 valence electrons. The molecule has 2 N–H and O–H groups in total. The summed E-state index contributed by atoms with van der Waals surface area (Å²) in [6.07, 6.45) is 0.244. The molecule has 0 bridgehead atoms. The predicted octanol–water partition coefficient (Wildman–Crippen LogP) is 6.60. The summed E-state index contributed by atoms with van der Waals surface area (Å²) in [5.41, 5.74) is 0.222. The van der Waals surface area contributed by atoms with E-state index in [9.17, 15) is 23.7 Å². The zero-order valence-corrected chi connectivity index (χ0v) is 31.1. The fraction of sp³-hybridized carbons (Fsp3) is 0.529. The summed E-state index contributed by atoms with van der Waals surface area (Å²) in [6, 6.07) is 12.3. The summed E-state index contributed by atoms with van der Waals surface area (Å²) in [7, 11) is -3.46. The van der Waals surface area contributed by atoms with E-state index in [4.69, 9.17) is 30.3 Å². The molecule has 0 radical (unpaired) electrons. The van der Waals surface area contributed by atoms with Crippen LogP contribution in [0.1, 0.15) is 66.0 Å². The number of rotatable bonds is 18. The Morgan fingerprint density at radius 2 is 1.56 bits per heavy atom. The van der Waals surface area contributed by atoms with Crippen molar-refractivity contribution in [2.75, 3.05) is 26.4 Å². The fourth-order valence-electron chi connectivity index (χ4n) is 4.97. The van der Waals surface area contributed by atoms with Gasteiger partial charge in [0, 0.05) is 18.1 Å². The molecule has 2 aromatic carbocycles. The molecule has 3 rings (SSSR count). The maximum Gasteiger partial charge on any atom is 0.586 e. The Morgan fingerprint density at radius 1 is 0.940 bits per heavy atom. The number of urea groups is 1. The van der Waals surface area contributed by atoms with Crippen LogP contribution in [0.15, 0.2) is 48.5 Å². The van der Waals surface area contributed by atoms with E-state index < -0.39 is 44.4 Å². The largest absolute Gasteiger partial charge is 0.586 e. The first-order chi connectivity index (χ1) is 23.4. The smallest absolute Gasteiger partial charge is 0.427 e. The fourth-order valence-corrected chi connectivity index (χ4v) is 5.75. The van der Waals surface area contributed by atoms with Crippen LogP contribution in [0.4, 0.5) is 9.59 Å². The topological polar surface area (TPSA) is 175 Å². The van der Waals surface area contributed by atoms with Crippen molar-refractivity contribution in [1.82, 2.24) is 15.5 Å². The van der Waals surface area contributed by atoms with Crippen LogP contribution < -0.4 is 15.2 Å². The Kier molecular flexibility index (Phi) is 14.5. The van der Waals surface area contributed by atoms with Crippen LogP contribution in [0, 0.1) is 11.3 Å². The van der Waals surface area contributed by atoms with E-state index >= 15 is 0 Å². The SMILES string of the molecule is CCCN(CC(C)(C)Cc1ccc(Cl)cc1)C(=O)[C@H](NC(=O)NCC(C)(C)OC(=O)OCOC(=O)Cc1ccc(OP2(=O)OO2)cc1)C(C)C. The lowest BCUT2D eigenvalue weighted by Gasteiger charge is -2.36. The lowest BCUT2D eigenvalue weighted by Crippen LogP contribution is -2.56. The summed E-state index contributed by atoms with van der Waals surface area (Å²) in [5, 5.41) is 6.11. The van der Waals surface area contributed by atoms with Gasteiger partial charge in [0.1, 0.15) is 17.4 Å². The van der Waals surface area contributed by atoms with Crippen LogP contribution in [-0.4, -0.2) is 67.0 Å². The molecule has 1 saturated heterocycles. The second kappa shape index (κ2) is 17.9. The Bertz CT molecular complexity index is 1510. The average molecular weight is 740 g/mol. The predicted molar refractivity (Wildman–Crippen MR) is 184 cm³/mol. The molecule has 0 unspecified atom stereocenters. The minimum Gasteiger partial charge on any atom is -0.427 e. The summed E-state index contributed by atoms with van der Waals surface area (Å²) < 4.78 is 40.1. The number of carbonyl (C=O) groups excluding carboxylic acids is 4. The Balaban J connectivity index is 1.43. The van der Waals surface area contributed by atoms with Gasteiger partial charge in [-0.1, -0.05) is 70.5 Å². The number of esters is 1. The molecule has 1 aliphatic heterocycles. The van der Waals surface area contributed by atoms with Gasteiger partial charge < -0.3 is 34.3 Å². The lowest BCUT2D eigenvalue weighted by atomic mass is 9.84. The Labute approximate surface area is 297 Å². The third kappa shape index (κ3) is 14.2. The molecule has 0 aromatic heterocycles. The molecule has 1 heterocycles. The van der Waals surface area contributed by atoms with E-state index in [1.807, 2.05) is 45.0 Å². The maximum atomic E-state index is 13.8. The monoisotopic (exact) mass is 739 g/mol. The molecular weight excluding hydrogens is 693 g/mol. The Morgan fingerprint density at radius 3 is 2.14 bits per heavy atom. The van der Waals surface area contributed by atoms with Crippen LogP contribution in [-0.2, 0) is 50.6 Å². The highest BCUT2D eigenvalue weighted by Gasteiger charge is 2.48. The van der Waals surface area contributed by atoms with Crippen molar-refractivity contribution < 1.29 is 51.8 Å². The summed E-state index contributed by atoms with van der Waals surface area (Å²) in [5.74, 6) is -0.829. The van der Waals surface area contributed by atoms with Gasteiger partial charge >= 0.3 is 26.0 Å². The third-order valence-electron chi connectivity index (χ3n) is 7.36. The van der Waals surface area contributed by atoms with E-state index in [2.05, 4.69) is 33.8 Å². The van der Waals surface area contributed by atoms with Crippen LogP contribution in [0.2, 0.25) is 5.02 Å². The highest BCUT2D eigenvalue weighted by Crippen LogP contribution is 2.64. The second-order valence-corrected chi connectivity index (χ2v) is 15.5. The second-order valence-electron chi connectivity index (χ2n) is 13.7. The highest BCUT2D eigenvalue weighted by molar-refractivity contribution is 7.53. The first-order valence-corrected chi connectivity index (χ1v) is 18.1. The van der Waals surface area contributed by atoms with Crippen LogP contribution in [0.5, 0.6) is 5.75 Å².